The van der Waals surface area contributed by atoms with Crippen molar-refractivity contribution < 1.29 is 9.53 Å². The Kier molecular flexibility index (Phi) is 7.47. The number of para-hydroxylation sites is 1. The highest BCUT2D eigenvalue weighted by Gasteiger charge is 2.32. The van der Waals surface area contributed by atoms with Crippen molar-refractivity contribution in [3.8, 4) is 5.75 Å². The zero-order valence-electron chi connectivity index (χ0n) is 17.7. The van der Waals surface area contributed by atoms with E-state index in [2.05, 4.69) is 71.2 Å². The fourth-order valence-corrected chi connectivity index (χ4v) is 5.95. The van der Waals surface area contributed by atoms with Crippen LogP contribution in [0.2, 0.25) is 5.02 Å². The van der Waals surface area contributed by atoms with Gasteiger partial charge < -0.3 is 9.64 Å². The van der Waals surface area contributed by atoms with Gasteiger partial charge in [0, 0.05) is 22.7 Å². The molecule has 0 N–H and O–H groups in total. The molecule has 0 bridgehead atoms. The summed E-state index contributed by atoms with van der Waals surface area (Å²) >= 11 is 10.6. The molecule has 32 heavy (non-hydrogen) atoms. The van der Waals surface area contributed by atoms with E-state index in [1.54, 1.807) is 0 Å². The van der Waals surface area contributed by atoms with E-state index >= 15 is 0 Å². The zero-order valence-corrected chi connectivity index (χ0v) is 22.8. The van der Waals surface area contributed by atoms with E-state index in [1.165, 1.54) is 0 Å². The summed E-state index contributed by atoms with van der Waals surface area (Å²) in [6.45, 7) is 5.44. The van der Waals surface area contributed by atoms with Crippen LogP contribution < -0.4 is 9.64 Å². The highest BCUT2D eigenvalue weighted by atomic mass is 127. The molecule has 1 amide bonds. The zero-order chi connectivity index (χ0) is 22.8. The molecule has 0 aromatic heterocycles. The van der Waals surface area contributed by atoms with Crippen LogP contribution in [0.3, 0.4) is 0 Å². The predicted octanol–water partition coefficient (Wildman–Crippen LogP) is 7.67. The molecule has 1 aliphatic heterocycles. The molecule has 0 fully saturated rings. The largest absolute Gasteiger partial charge is 0.487 e. The van der Waals surface area contributed by atoms with Gasteiger partial charge >= 0.3 is 0 Å². The summed E-state index contributed by atoms with van der Waals surface area (Å²) in [4.78, 5) is 15.1. The number of benzene rings is 3. The molecule has 0 saturated heterocycles. The lowest BCUT2D eigenvalue weighted by Crippen LogP contribution is -2.30. The Morgan fingerprint density at radius 2 is 1.69 bits per heavy atom. The van der Waals surface area contributed by atoms with Gasteiger partial charge in [0.15, 0.2) is 0 Å². The Hall–Kier alpha value is -1.58. The molecule has 4 rings (SSSR count). The van der Waals surface area contributed by atoms with Crippen molar-refractivity contribution in [1.29, 1.82) is 0 Å². The number of carbonyl (C=O) groups excluding carboxylic acids is 1. The molecule has 0 atom stereocenters. The lowest BCUT2D eigenvalue weighted by molar-refractivity contribution is -0.113. The minimum atomic E-state index is 0.0629. The average molecular weight is 670 g/mol. The molecule has 6 heteroatoms. The van der Waals surface area contributed by atoms with Crippen LogP contribution >= 0.6 is 56.8 Å². The summed E-state index contributed by atoms with van der Waals surface area (Å²) in [5.74, 6) is 1.31. The van der Waals surface area contributed by atoms with Gasteiger partial charge in [-0.05, 0) is 98.6 Å². The maximum absolute atomic E-state index is 13.2. The maximum atomic E-state index is 13.2. The third-order valence-corrected chi connectivity index (χ3v) is 6.99. The summed E-state index contributed by atoms with van der Waals surface area (Å²) in [5, 5.41) is 0.713. The first kappa shape index (κ1) is 23.6. The molecule has 0 aliphatic carbocycles. The number of fused-ring (bicyclic) bond motifs is 1. The Morgan fingerprint density at radius 3 is 2.34 bits per heavy atom. The van der Waals surface area contributed by atoms with Crippen LogP contribution in [0.25, 0.3) is 11.6 Å². The minimum absolute atomic E-state index is 0.0629. The molecular weight excluding hydrogens is 648 g/mol. The van der Waals surface area contributed by atoms with Gasteiger partial charge in [0.1, 0.15) is 12.4 Å². The number of nitrogens with zero attached hydrogens (tertiary/aromatic N) is 1. The van der Waals surface area contributed by atoms with Crippen molar-refractivity contribution >= 4 is 80.0 Å². The molecule has 3 aromatic rings. The van der Waals surface area contributed by atoms with Crippen LogP contribution in [0.4, 0.5) is 5.69 Å². The SMILES string of the molecule is CC(C)CN1C(=O)/C(=C\c2cc(I)c(OCc3ccc(Cl)cc3)c(I)c2)c2ccccc21. The van der Waals surface area contributed by atoms with Gasteiger partial charge in [0.2, 0.25) is 0 Å². The van der Waals surface area contributed by atoms with Crippen molar-refractivity contribution in [2.45, 2.75) is 20.5 Å². The summed E-state index contributed by atoms with van der Waals surface area (Å²) in [7, 11) is 0. The maximum Gasteiger partial charge on any atom is 0.259 e. The van der Waals surface area contributed by atoms with Crippen LogP contribution in [0.1, 0.15) is 30.5 Å². The normalized spacial score (nSPS) is 14.4. The Morgan fingerprint density at radius 1 is 1.03 bits per heavy atom. The predicted molar refractivity (Wildman–Crippen MR) is 149 cm³/mol. The van der Waals surface area contributed by atoms with Crippen LogP contribution in [0.15, 0.2) is 60.7 Å². The lowest BCUT2D eigenvalue weighted by Gasteiger charge is -2.19. The monoisotopic (exact) mass is 669 g/mol. The first-order valence-corrected chi connectivity index (χ1v) is 12.9. The van der Waals surface area contributed by atoms with Crippen LogP contribution in [-0.4, -0.2) is 12.5 Å². The molecule has 164 valence electrons. The van der Waals surface area contributed by atoms with Crippen molar-refractivity contribution in [3.63, 3.8) is 0 Å². The third kappa shape index (κ3) is 5.15. The molecule has 0 spiro atoms. The van der Waals surface area contributed by atoms with E-state index in [4.69, 9.17) is 16.3 Å². The van der Waals surface area contributed by atoms with Gasteiger partial charge in [-0.3, -0.25) is 4.79 Å². The minimum Gasteiger partial charge on any atom is -0.487 e. The summed E-state index contributed by atoms with van der Waals surface area (Å²) in [6.07, 6.45) is 1.99. The second kappa shape index (κ2) is 10.1. The number of halogens is 3. The van der Waals surface area contributed by atoms with Gasteiger partial charge in [-0.1, -0.05) is 55.8 Å². The molecule has 3 aromatic carbocycles. The van der Waals surface area contributed by atoms with Gasteiger partial charge in [0.05, 0.1) is 12.8 Å². The third-order valence-electron chi connectivity index (χ3n) is 5.14. The van der Waals surface area contributed by atoms with Gasteiger partial charge in [-0.2, -0.15) is 0 Å². The number of hydrogen-bond donors (Lipinski definition) is 0. The standard InChI is InChI=1S/C26H22ClI2NO2/c1-16(2)14-30-24-6-4-3-5-20(24)21(26(30)31)11-18-12-22(28)25(23(29)13-18)32-15-17-7-9-19(27)10-8-17/h3-13,16H,14-15H2,1-2H3/b21-11-. The van der Waals surface area contributed by atoms with Crippen molar-refractivity contribution in [2.24, 2.45) is 5.92 Å². The quantitative estimate of drug-likeness (QED) is 0.199. The Balaban J connectivity index is 1.62. The van der Waals surface area contributed by atoms with Crippen LogP contribution in [-0.2, 0) is 11.4 Å². The van der Waals surface area contributed by atoms with Crippen molar-refractivity contribution in [1.82, 2.24) is 0 Å². The van der Waals surface area contributed by atoms with E-state index in [-0.39, 0.29) is 5.91 Å². The van der Waals surface area contributed by atoms with Crippen molar-refractivity contribution in [2.75, 3.05) is 11.4 Å². The van der Waals surface area contributed by atoms with E-state index in [0.717, 1.165) is 40.8 Å². The molecule has 3 nitrogen and oxygen atoms in total. The highest BCUT2D eigenvalue weighted by molar-refractivity contribution is 14.1. The van der Waals surface area contributed by atoms with Gasteiger partial charge in [-0.25, -0.2) is 0 Å². The lowest BCUT2D eigenvalue weighted by atomic mass is 10.0. The van der Waals surface area contributed by atoms with Gasteiger partial charge in [0.25, 0.3) is 5.91 Å². The molecule has 0 unspecified atom stereocenters. The summed E-state index contributed by atoms with van der Waals surface area (Å²) < 4.78 is 8.12. The fourth-order valence-electron chi connectivity index (χ4n) is 3.70. The second-order valence-electron chi connectivity index (χ2n) is 8.11. The summed E-state index contributed by atoms with van der Waals surface area (Å²) in [5.41, 5.74) is 4.77. The highest BCUT2D eigenvalue weighted by Crippen LogP contribution is 2.39. The second-order valence-corrected chi connectivity index (χ2v) is 10.9. The molecule has 0 saturated carbocycles. The topological polar surface area (TPSA) is 29.5 Å². The number of ether oxygens (including phenoxy) is 1. The smallest absolute Gasteiger partial charge is 0.259 e. The van der Waals surface area contributed by atoms with Crippen molar-refractivity contribution in [3.05, 3.63) is 89.5 Å². The summed E-state index contributed by atoms with van der Waals surface area (Å²) in [6, 6.07) is 19.8. The average Bonchev–Trinajstić information content (AvgIpc) is 3.00. The van der Waals surface area contributed by atoms with Crippen LogP contribution in [0.5, 0.6) is 5.75 Å². The van der Waals surface area contributed by atoms with Gasteiger partial charge in [-0.15, -0.1) is 0 Å². The van der Waals surface area contributed by atoms with E-state index in [9.17, 15) is 4.79 Å². The number of hydrogen-bond acceptors (Lipinski definition) is 2. The fraction of sp³-hybridized carbons (Fsp3) is 0.192. The number of carbonyl (C=O) groups is 1. The molecule has 1 heterocycles. The van der Waals surface area contributed by atoms with E-state index < -0.39 is 0 Å². The first-order chi connectivity index (χ1) is 15.3. The first-order valence-electron chi connectivity index (χ1n) is 10.3. The van der Waals surface area contributed by atoms with Crippen LogP contribution in [0, 0.1) is 13.1 Å². The molecule has 0 radical (unpaired) electrons. The Bertz CT molecular complexity index is 1170. The van der Waals surface area contributed by atoms with E-state index in [1.807, 2.05) is 59.5 Å². The number of anilines is 1. The number of rotatable bonds is 6. The Labute approximate surface area is 221 Å². The van der Waals surface area contributed by atoms with E-state index in [0.29, 0.717) is 24.1 Å². The molecular formula is C26H22ClI2NO2. The molecule has 1 aliphatic rings. The number of amides is 1.